The van der Waals surface area contributed by atoms with Crippen molar-refractivity contribution in [1.82, 2.24) is 5.06 Å². The van der Waals surface area contributed by atoms with Gasteiger partial charge in [0.15, 0.2) is 0 Å². The van der Waals surface area contributed by atoms with Gasteiger partial charge >= 0.3 is 0 Å². The minimum Gasteiger partial charge on any atom is -0.415 e. The Labute approximate surface area is 75.2 Å². The highest BCUT2D eigenvalue weighted by Gasteiger charge is 2.36. The number of hydroxylamine groups is 2. The van der Waals surface area contributed by atoms with E-state index in [0.29, 0.717) is 6.04 Å². The summed E-state index contributed by atoms with van der Waals surface area (Å²) in [5.41, 5.74) is 0. The maximum absolute atomic E-state index is 5.81. The van der Waals surface area contributed by atoms with E-state index in [4.69, 9.17) is 4.84 Å². The van der Waals surface area contributed by atoms with Crippen LogP contribution in [0.3, 0.4) is 0 Å². The van der Waals surface area contributed by atoms with E-state index < -0.39 is 8.07 Å². The number of rotatable bonds is 1. The van der Waals surface area contributed by atoms with E-state index >= 15 is 0 Å². The molecule has 2 aliphatic heterocycles. The van der Waals surface area contributed by atoms with Crippen LogP contribution < -0.4 is 0 Å². The minimum atomic E-state index is -1.19. The smallest absolute Gasteiger partial charge is 0.125 e. The van der Waals surface area contributed by atoms with Crippen molar-refractivity contribution < 1.29 is 4.84 Å². The topological polar surface area (TPSA) is 12.5 Å². The molecule has 0 radical (unpaired) electrons. The molecule has 12 heavy (non-hydrogen) atoms. The molecule has 0 bridgehead atoms. The lowest BCUT2D eigenvalue weighted by molar-refractivity contribution is -0.0886. The Bertz CT molecular complexity index is 219. The highest BCUT2D eigenvalue weighted by atomic mass is 28.3. The maximum atomic E-state index is 5.81. The van der Waals surface area contributed by atoms with E-state index in [1.807, 2.05) is 0 Å². The molecule has 2 aliphatic rings. The largest absolute Gasteiger partial charge is 0.415 e. The SMILES string of the molecule is C[Si](C)(C)C1=CC2CCCN2O1. The van der Waals surface area contributed by atoms with Gasteiger partial charge in [-0.05, 0) is 18.9 Å². The summed E-state index contributed by atoms with van der Waals surface area (Å²) in [5, 5.41) is 3.43. The van der Waals surface area contributed by atoms with Crippen molar-refractivity contribution in [3.63, 3.8) is 0 Å². The normalized spacial score (nSPS) is 29.9. The highest BCUT2D eigenvalue weighted by Crippen LogP contribution is 2.31. The average Bonchev–Trinajstić information content (AvgIpc) is 2.37. The second kappa shape index (κ2) is 2.60. The van der Waals surface area contributed by atoms with Gasteiger partial charge in [-0.2, -0.15) is 0 Å². The van der Waals surface area contributed by atoms with Crippen LogP contribution in [0.1, 0.15) is 12.8 Å². The van der Waals surface area contributed by atoms with Gasteiger partial charge < -0.3 is 4.84 Å². The summed E-state index contributed by atoms with van der Waals surface area (Å²) in [6.45, 7) is 8.12. The predicted molar refractivity (Wildman–Crippen MR) is 52.2 cm³/mol. The zero-order valence-electron chi connectivity index (χ0n) is 8.13. The quantitative estimate of drug-likeness (QED) is 0.578. The first-order valence-electron chi connectivity index (χ1n) is 4.74. The minimum absolute atomic E-state index is 0.603. The van der Waals surface area contributed by atoms with Gasteiger partial charge in [-0.3, -0.25) is 0 Å². The summed E-state index contributed by atoms with van der Waals surface area (Å²) in [6, 6.07) is 0.603. The monoisotopic (exact) mass is 183 g/mol. The van der Waals surface area contributed by atoms with Crippen LogP contribution in [0.4, 0.5) is 0 Å². The Morgan fingerprint density at radius 3 is 2.83 bits per heavy atom. The zero-order chi connectivity index (χ0) is 8.77. The zero-order valence-corrected chi connectivity index (χ0v) is 9.13. The molecular weight excluding hydrogens is 166 g/mol. The third-order valence-electron chi connectivity index (χ3n) is 2.55. The van der Waals surface area contributed by atoms with Crippen molar-refractivity contribution in [3.8, 4) is 0 Å². The maximum Gasteiger partial charge on any atom is 0.125 e. The van der Waals surface area contributed by atoms with Crippen molar-refractivity contribution in [1.29, 1.82) is 0 Å². The van der Waals surface area contributed by atoms with Gasteiger partial charge in [0.1, 0.15) is 8.07 Å². The van der Waals surface area contributed by atoms with E-state index in [2.05, 4.69) is 30.8 Å². The summed E-state index contributed by atoms with van der Waals surface area (Å²) in [6.07, 6.45) is 4.92. The fraction of sp³-hybridized carbons (Fsp3) is 0.778. The molecule has 0 aromatic heterocycles. The number of nitrogens with zero attached hydrogens (tertiary/aromatic N) is 1. The third-order valence-corrected chi connectivity index (χ3v) is 4.28. The summed E-state index contributed by atoms with van der Waals surface area (Å²) in [5.74, 6) is 0. The van der Waals surface area contributed by atoms with Gasteiger partial charge in [0.25, 0.3) is 0 Å². The molecule has 0 aromatic rings. The molecule has 1 fully saturated rings. The summed E-state index contributed by atoms with van der Waals surface area (Å²) >= 11 is 0. The molecule has 2 rings (SSSR count). The second-order valence-corrected chi connectivity index (χ2v) is 9.72. The van der Waals surface area contributed by atoms with E-state index in [0.717, 1.165) is 6.54 Å². The second-order valence-electron chi connectivity index (χ2n) is 4.72. The molecule has 1 unspecified atom stereocenters. The molecule has 2 heterocycles. The molecule has 3 heteroatoms. The Kier molecular flexibility index (Phi) is 1.80. The fourth-order valence-corrected chi connectivity index (χ4v) is 2.85. The van der Waals surface area contributed by atoms with Crippen molar-refractivity contribution in [3.05, 3.63) is 11.5 Å². The van der Waals surface area contributed by atoms with Crippen LogP contribution in [-0.2, 0) is 4.84 Å². The van der Waals surface area contributed by atoms with Crippen molar-refractivity contribution in [2.75, 3.05) is 6.54 Å². The number of fused-ring (bicyclic) bond motifs is 1. The van der Waals surface area contributed by atoms with Crippen LogP contribution >= 0.6 is 0 Å². The van der Waals surface area contributed by atoms with Crippen LogP contribution in [0.15, 0.2) is 11.5 Å². The van der Waals surface area contributed by atoms with Gasteiger partial charge in [-0.1, -0.05) is 19.6 Å². The summed E-state index contributed by atoms with van der Waals surface area (Å²) < 4.78 is 0. The lowest BCUT2D eigenvalue weighted by Crippen LogP contribution is -2.28. The van der Waals surface area contributed by atoms with Gasteiger partial charge in [-0.15, -0.1) is 5.06 Å². The van der Waals surface area contributed by atoms with E-state index in [-0.39, 0.29) is 0 Å². The average molecular weight is 183 g/mol. The lowest BCUT2D eigenvalue weighted by atomic mass is 10.2. The standard InChI is InChI=1S/C9H17NOSi/c1-12(2,3)9-7-8-5-4-6-10(8)11-9/h7-8H,4-6H2,1-3H3. The Balaban J connectivity index is 2.12. The highest BCUT2D eigenvalue weighted by molar-refractivity contribution is 6.82. The number of hydrogen-bond acceptors (Lipinski definition) is 2. The number of hydrogen-bond donors (Lipinski definition) is 0. The van der Waals surface area contributed by atoms with Crippen LogP contribution in [0.25, 0.3) is 0 Å². The predicted octanol–water partition coefficient (Wildman–Crippen LogP) is 2.16. The Hall–Kier alpha value is -0.283. The molecule has 0 amide bonds. The van der Waals surface area contributed by atoms with E-state index in [1.165, 1.54) is 18.2 Å². The summed E-state index contributed by atoms with van der Waals surface area (Å²) in [7, 11) is -1.19. The van der Waals surface area contributed by atoms with Crippen molar-refractivity contribution in [2.45, 2.75) is 38.5 Å². The van der Waals surface area contributed by atoms with E-state index in [9.17, 15) is 0 Å². The Morgan fingerprint density at radius 1 is 1.50 bits per heavy atom. The first-order chi connectivity index (χ1) is 5.57. The van der Waals surface area contributed by atoms with Gasteiger partial charge in [0.2, 0.25) is 0 Å². The van der Waals surface area contributed by atoms with Crippen LogP contribution in [-0.4, -0.2) is 25.7 Å². The molecule has 68 valence electrons. The molecule has 0 aliphatic carbocycles. The summed E-state index contributed by atoms with van der Waals surface area (Å²) in [4.78, 5) is 5.81. The molecule has 2 nitrogen and oxygen atoms in total. The molecule has 0 saturated carbocycles. The van der Waals surface area contributed by atoms with Crippen LogP contribution in [0.5, 0.6) is 0 Å². The fourth-order valence-electron chi connectivity index (χ4n) is 1.76. The molecule has 1 atom stereocenters. The van der Waals surface area contributed by atoms with Crippen molar-refractivity contribution in [2.24, 2.45) is 0 Å². The van der Waals surface area contributed by atoms with Crippen molar-refractivity contribution >= 4 is 8.07 Å². The van der Waals surface area contributed by atoms with E-state index in [1.54, 1.807) is 0 Å². The van der Waals surface area contributed by atoms with Gasteiger partial charge in [0, 0.05) is 6.54 Å². The lowest BCUT2D eigenvalue weighted by Gasteiger charge is -2.20. The van der Waals surface area contributed by atoms with Gasteiger partial charge in [0.05, 0.1) is 11.4 Å². The molecule has 0 aromatic carbocycles. The van der Waals surface area contributed by atoms with Gasteiger partial charge in [-0.25, -0.2) is 0 Å². The molecular formula is C9H17NOSi. The molecule has 1 saturated heterocycles. The first kappa shape index (κ1) is 8.32. The van der Waals surface area contributed by atoms with Crippen LogP contribution in [0, 0.1) is 0 Å². The van der Waals surface area contributed by atoms with Crippen LogP contribution in [0.2, 0.25) is 19.6 Å². The molecule has 0 N–H and O–H groups in total. The molecule has 0 spiro atoms. The Morgan fingerprint density at radius 2 is 2.25 bits per heavy atom. The first-order valence-corrected chi connectivity index (χ1v) is 8.24. The third kappa shape index (κ3) is 1.31.